The molecule has 0 aromatic rings. The minimum Gasteiger partial charge on any atom is -0.480 e. The number of carbonyl (C=O) groups excluding carboxylic acids is 1. The molecule has 0 heterocycles. The predicted octanol–water partition coefficient (Wildman–Crippen LogP) is 1.50. The molecule has 86 valence electrons. The fourth-order valence-electron chi connectivity index (χ4n) is 2.04. The van der Waals surface area contributed by atoms with Gasteiger partial charge < -0.3 is 10.0 Å². The Bertz CT molecular complexity index is 265. The number of likely N-dealkylation sites (N-methyl/N-ethyl adjacent to an activating group) is 1. The number of amides is 1. The van der Waals surface area contributed by atoms with Gasteiger partial charge in [0, 0.05) is 12.5 Å². The SMILES string of the molecule is CCC1(C(=O)N(C)C(C)C(=O)O)CCC1. The standard InChI is InChI=1S/C11H19NO3/c1-4-11(6-5-7-11)10(15)12(3)8(2)9(13)14/h8H,4-7H2,1-3H3,(H,13,14). The molecule has 1 saturated carbocycles. The van der Waals surface area contributed by atoms with Crippen LogP contribution in [0, 0.1) is 5.41 Å². The van der Waals surface area contributed by atoms with E-state index in [1.165, 1.54) is 4.90 Å². The Kier molecular flexibility index (Phi) is 3.37. The van der Waals surface area contributed by atoms with Crippen LogP contribution in [0.5, 0.6) is 0 Å². The second kappa shape index (κ2) is 4.21. The molecule has 0 saturated heterocycles. The molecular formula is C11H19NO3. The summed E-state index contributed by atoms with van der Waals surface area (Å²) in [5, 5.41) is 8.84. The van der Waals surface area contributed by atoms with E-state index in [2.05, 4.69) is 0 Å². The Morgan fingerprint density at radius 1 is 1.47 bits per heavy atom. The third-order valence-electron chi connectivity index (χ3n) is 3.70. The maximum Gasteiger partial charge on any atom is 0.326 e. The lowest BCUT2D eigenvalue weighted by Crippen LogP contribution is -2.50. The van der Waals surface area contributed by atoms with Gasteiger partial charge in [-0.2, -0.15) is 0 Å². The van der Waals surface area contributed by atoms with Crippen molar-refractivity contribution in [1.82, 2.24) is 4.90 Å². The van der Waals surface area contributed by atoms with Gasteiger partial charge in [-0.25, -0.2) is 4.79 Å². The zero-order valence-electron chi connectivity index (χ0n) is 9.62. The second-order valence-corrected chi connectivity index (χ2v) is 4.42. The van der Waals surface area contributed by atoms with Crippen molar-refractivity contribution in [2.45, 2.75) is 45.6 Å². The molecule has 0 bridgehead atoms. The highest BCUT2D eigenvalue weighted by Crippen LogP contribution is 2.45. The van der Waals surface area contributed by atoms with E-state index in [-0.39, 0.29) is 11.3 Å². The van der Waals surface area contributed by atoms with Crippen molar-refractivity contribution in [2.24, 2.45) is 5.41 Å². The highest BCUT2D eigenvalue weighted by molar-refractivity contribution is 5.87. The summed E-state index contributed by atoms with van der Waals surface area (Å²) < 4.78 is 0. The highest BCUT2D eigenvalue weighted by atomic mass is 16.4. The molecule has 1 amide bonds. The van der Waals surface area contributed by atoms with Gasteiger partial charge in [0.1, 0.15) is 6.04 Å². The summed E-state index contributed by atoms with van der Waals surface area (Å²) in [5.41, 5.74) is -0.265. The van der Waals surface area contributed by atoms with Gasteiger partial charge in [0.15, 0.2) is 0 Å². The van der Waals surface area contributed by atoms with E-state index >= 15 is 0 Å². The van der Waals surface area contributed by atoms with Gasteiger partial charge in [0.2, 0.25) is 5.91 Å². The number of carboxylic acid groups (broad SMARTS) is 1. The summed E-state index contributed by atoms with van der Waals surface area (Å²) in [5.74, 6) is -0.956. The van der Waals surface area contributed by atoms with Crippen molar-refractivity contribution in [3.05, 3.63) is 0 Å². The zero-order valence-corrected chi connectivity index (χ0v) is 9.62. The first-order valence-electron chi connectivity index (χ1n) is 5.44. The quantitative estimate of drug-likeness (QED) is 0.769. The van der Waals surface area contributed by atoms with Crippen LogP contribution in [0.3, 0.4) is 0 Å². The number of hydrogen-bond donors (Lipinski definition) is 1. The topological polar surface area (TPSA) is 57.6 Å². The molecule has 0 aromatic heterocycles. The number of nitrogens with zero attached hydrogens (tertiary/aromatic N) is 1. The predicted molar refractivity (Wildman–Crippen MR) is 56.4 cm³/mol. The van der Waals surface area contributed by atoms with Crippen LogP contribution in [-0.2, 0) is 9.59 Å². The van der Waals surface area contributed by atoms with E-state index < -0.39 is 12.0 Å². The van der Waals surface area contributed by atoms with Crippen LogP contribution < -0.4 is 0 Å². The summed E-state index contributed by atoms with van der Waals surface area (Å²) in [7, 11) is 1.58. The van der Waals surface area contributed by atoms with Crippen LogP contribution in [0.15, 0.2) is 0 Å². The monoisotopic (exact) mass is 213 g/mol. The zero-order chi connectivity index (χ0) is 11.6. The van der Waals surface area contributed by atoms with Gasteiger partial charge in [0.05, 0.1) is 0 Å². The second-order valence-electron chi connectivity index (χ2n) is 4.42. The molecule has 1 N–H and O–H groups in total. The van der Waals surface area contributed by atoms with Gasteiger partial charge in [-0.05, 0) is 26.2 Å². The van der Waals surface area contributed by atoms with Crippen LogP contribution in [0.25, 0.3) is 0 Å². The maximum absolute atomic E-state index is 12.1. The first kappa shape index (κ1) is 12.0. The highest BCUT2D eigenvalue weighted by Gasteiger charge is 2.45. The Morgan fingerprint density at radius 3 is 2.27 bits per heavy atom. The summed E-state index contributed by atoms with van der Waals surface area (Å²) >= 11 is 0. The normalized spacial score (nSPS) is 20.2. The van der Waals surface area contributed by atoms with E-state index in [4.69, 9.17) is 5.11 Å². The average molecular weight is 213 g/mol. The summed E-state index contributed by atoms with van der Waals surface area (Å²) in [6.07, 6.45) is 3.69. The van der Waals surface area contributed by atoms with E-state index in [0.29, 0.717) is 0 Å². The molecule has 1 rings (SSSR count). The largest absolute Gasteiger partial charge is 0.480 e. The summed E-state index contributed by atoms with van der Waals surface area (Å²) in [4.78, 5) is 24.2. The van der Waals surface area contributed by atoms with Crippen LogP contribution >= 0.6 is 0 Å². The number of hydrogen-bond acceptors (Lipinski definition) is 2. The molecule has 4 heteroatoms. The van der Waals surface area contributed by atoms with E-state index in [0.717, 1.165) is 25.7 Å². The summed E-state index contributed by atoms with van der Waals surface area (Å²) in [6, 6.07) is -0.735. The van der Waals surface area contributed by atoms with E-state index in [1.54, 1.807) is 14.0 Å². The minimum absolute atomic E-state index is 0.00819. The number of carbonyl (C=O) groups is 2. The van der Waals surface area contributed by atoms with Crippen LogP contribution in [-0.4, -0.2) is 35.0 Å². The fraction of sp³-hybridized carbons (Fsp3) is 0.818. The Hall–Kier alpha value is -1.06. The lowest BCUT2D eigenvalue weighted by Gasteiger charge is -2.42. The first-order chi connectivity index (χ1) is 6.94. The average Bonchev–Trinajstić information content (AvgIpc) is 2.14. The molecule has 0 radical (unpaired) electrons. The van der Waals surface area contributed by atoms with Gasteiger partial charge >= 0.3 is 5.97 Å². The molecule has 1 atom stereocenters. The molecule has 1 fully saturated rings. The summed E-state index contributed by atoms with van der Waals surface area (Å²) in [6.45, 7) is 3.54. The number of aliphatic carboxylic acids is 1. The van der Waals surface area contributed by atoms with Crippen molar-refractivity contribution >= 4 is 11.9 Å². The maximum atomic E-state index is 12.1. The molecule has 4 nitrogen and oxygen atoms in total. The molecule has 1 aliphatic carbocycles. The minimum atomic E-state index is -0.948. The third-order valence-corrected chi connectivity index (χ3v) is 3.70. The Labute approximate surface area is 90.3 Å². The van der Waals surface area contributed by atoms with Crippen molar-refractivity contribution < 1.29 is 14.7 Å². The van der Waals surface area contributed by atoms with Crippen molar-refractivity contribution in [1.29, 1.82) is 0 Å². The van der Waals surface area contributed by atoms with Crippen molar-refractivity contribution in [2.75, 3.05) is 7.05 Å². The van der Waals surface area contributed by atoms with Crippen molar-refractivity contribution in [3.8, 4) is 0 Å². The van der Waals surface area contributed by atoms with Crippen molar-refractivity contribution in [3.63, 3.8) is 0 Å². The number of rotatable bonds is 4. The third kappa shape index (κ3) is 1.98. The van der Waals surface area contributed by atoms with Crippen LogP contribution in [0.2, 0.25) is 0 Å². The lowest BCUT2D eigenvalue weighted by molar-refractivity contribution is -0.156. The van der Waals surface area contributed by atoms with Gasteiger partial charge in [0.25, 0.3) is 0 Å². The fourth-order valence-corrected chi connectivity index (χ4v) is 2.04. The molecule has 15 heavy (non-hydrogen) atoms. The molecule has 0 aromatic carbocycles. The van der Waals surface area contributed by atoms with E-state index in [9.17, 15) is 9.59 Å². The van der Waals surface area contributed by atoms with Gasteiger partial charge in [-0.15, -0.1) is 0 Å². The van der Waals surface area contributed by atoms with E-state index in [1.807, 2.05) is 6.92 Å². The van der Waals surface area contributed by atoms with Gasteiger partial charge in [-0.1, -0.05) is 13.3 Å². The lowest BCUT2D eigenvalue weighted by atomic mass is 9.66. The van der Waals surface area contributed by atoms with Gasteiger partial charge in [-0.3, -0.25) is 4.79 Å². The number of carboxylic acids is 1. The van der Waals surface area contributed by atoms with Crippen LogP contribution in [0.1, 0.15) is 39.5 Å². The first-order valence-corrected chi connectivity index (χ1v) is 5.44. The Morgan fingerprint density at radius 2 is 2.00 bits per heavy atom. The molecule has 0 spiro atoms. The molecule has 1 aliphatic rings. The molecular weight excluding hydrogens is 194 g/mol. The smallest absolute Gasteiger partial charge is 0.326 e. The Balaban J connectivity index is 2.71. The molecule has 1 unspecified atom stereocenters. The molecule has 0 aliphatic heterocycles. The van der Waals surface area contributed by atoms with Crippen LogP contribution in [0.4, 0.5) is 0 Å².